The molecule has 26 heavy (non-hydrogen) atoms. The highest BCUT2D eigenvalue weighted by Crippen LogP contribution is 2.53. The summed E-state index contributed by atoms with van der Waals surface area (Å²) in [5, 5.41) is 11.0. The predicted molar refractivity (Wildman–Crippen MR) is 104 cm³/mol. The standard InChI is InChI=1S/C22H28FNO2/c1-5-21(6-2,17-12-14-20(15-13-17)24(25)26)22(7-3,8-4)18-10-9-11-19(23)16-18/h9-16H,5-8H2,1-4H3. The molecule has 0 aromatic heterocycles. The molecule has 0 aliphatic rings. The molecule has 0 saturated carbocycles. The van der Waals surface area contributed by atoms with Crippen molar-refractivity contribution in [1.29, 1.82) is 0 Å². The van der Waals surface area contributed by atoms with Crippen molar-refractivity contribution < 1.29 is 9.31 Å². The van der Waals surface area contributed by atoms with Crippen molar-refractivity contribution in [2.24, 2.45) is 0 Å². The van der Waals surface area contributed by atoms with Crippen LogP contribution in [0.3, 0.4) is 0 Å². The Balaban J connectivity index is 2.72. The van der Waals surface area contributed by atoms with Crippen LogP contribution in [0.2, 0.25) is 0 Å². The van der Waals surface area contributed by atoms with E-state index in [9.17, 15) is 14.5 Å². The van der Waals surface area contributed by atoms with Gasteiger partial charge in [0.05, 0.1) is 4.92 Å². The van der Waals surface area contributed by atoms with Gasteiger partial charge in [0, 0.05) is 23.0 Å². The summed E-state index contributed by atoms with van der Waals surface area (Å²) in [7, 11) is 0. The molecule has 2 aromatic carbocycles. The molecular formula is C22H28FNO2. The highest BCUT2D eigenvalue weighted by atomic mass is 19.1. The van der Waals surface area contributed by atoms with Gasteiger partial charge in [-0.1, -0.05) is 52.0 Å². The Kier molecular flexibility index (Phi) is 6.17. The molecule has 2 rings (SSSR count). The van der Waals surface area contributed by atoms with Crippen LogP contribution in [0.1, 0.15) is 64.5 Å². The molecule has 0 heterocycles. The number of rotatable bonds is 8. The minimum atomic E-state index is -0.372. The van der Waals surface area contributed by atoms with Gasteiger partial charge in [-0.05, 0) is 48.9 Å². The van der Waals surface area contributed by atoms with Gasteiger partial charge in [0.25, 0.3) is 5.69 Å². The van der Waals surface area contributed by atoms with Crippen LogP contribution in [0.4, 0.5) is 10.1 Å². The minimum Gasteiger partial charge on any atom is -0.258 e. The van der Waals surface area contributed by atoms with E-state index in [4.69, 9.17) is 0 Å². The van der Waals surface area contributed by atoms with Crippen LogP contribution in [-0.4, -0.2) is 4.92 Å². The molecule has 0 N–H and O–H groups in total. The molecule has 0 radical (unpaired) electrons. The molecule has 0 spiro atoms. The molecular weight excluding hydrogens is 329 g/mol. The van der Waals surface area contributed by atoms with E-state index in [-0.39, 0.29) is 27.3 Å². The highest BCUT2D eigenvalue weighted by molar-refractivity contribution is 5.43. The zero-order valence-electron chi connectivity index (χ0n) is 16.1. The molecule has 3 nitrogen and oxygen atoms in total. The van der Waals surface area contributed by atoms with Gasteiger partial charge in [-0.3, -0.25) is 10.1 Å². The molecule has 2 aromatic rings. The summed E-state index contributed by atoms with van der Waals surface area (Å²) in [5.41, 5.74) is 1.72. The number of halogens is 1. The van der Waals surface area contributed by atoms with Crippen molar-refractivity contribution in [3.8, 4) is 0 Å². The molecule has 0 bridgehead atoms. The summed E-state index contributed by atoms with van der Waals surface area (Å²) in [4.78, 5) is 10.7. The lowest BCUT2D eigenvalue weighted by Crippen LogP contribution is -2.48. The van der Waals surface area contributed by atoms with Crippen molar-refractivity contribution in [1.82, 2.24) is 0 Å². The summed E-state index contributed by atoms with van der Waals surface area (Å²) in [6, 6.07) is 13.8. The Hall–Kier alpha value is -2.23. The van der Waals surface area contributed by atoms with Crippen molar-refractivity contribution in [2.75, 3.05) is 0 Å². The second-order valence-electron chi connectivity index (χ2n) is 6.89. The lowest BCUT2D eigenvalue weighted by atomic mass is 9.52. The van der Waals surface area contributed by atoms with Gasteiger partial charge >= 0.3 is 0 Å². The van der Waals surface area contributed by atoms with Crippen molar-refractivity contribution in [3.05, 3.63) is 75.6 Å². The first-order valence-electron chi connectivity index (χ1n) is 9.41. The fraction of sp³-hybridized carbons (Fsp3) is 0.455. The van der Waals surface area contributed by atoms with Gasteiger partial charge in [-0.15, -0.1) is 0 Å². The SMILES string of the molecule is CCC(CC)(c1ccc([N+](=O)[O-])cc1)C(CC)(CC)c1cccc(F)c1. The maximum Gasteiger partial charge on any atom is 0.269 e. The van der Waals surface area contributed by atoms with Crippen LogP contribution in [0.25, 0.3) is 0 Å². The van der Waals surface area contributed by atoms with E-state index in [0.29, 0.717) is 0 Å². The van der Waals surface area contributed by atoms with E-state index in [1.54, 1.807) is 24.3 Å². The van der Waals surface area contributed by atoms with Crippen LogP contribution in [-0.2, 0) is 10.8 Å². The van der Waals surface area contributed by atoms with Crippen LogP contribution >= 0.6 is 0 Å². The average molecular weight is 357 g/mol. The lowest BCUT2D eigenvalue weighted by Gasteiger charge is -2.51. The van der Waals surface area contributed by atoms with E-state index in [1.807, 2.05) is 18.2 Å². The first-order chi connectivity index (χ1) is 12.4. The average Bonchev–Trinajstić information content (AvgIpc) is 2.66. The zero-order valence-corrected chi connectivity index (χ0v) is 16.1. The Morgan fingerprint density at radius 1 is 0.846 bits per heavy atom. The number of nitro benzene ring substituents is 1. The Morgan fingerprint density at radius 2 is 1.35 bits per heavy atom. The third-order valence-electron chi connectivity index (χ3n) is 6.34. The number of nitro groups is 1. The van der Waals surface area contributed by atoms with Gasteiger partial charge in [-0.25, -0.2) is 4.39 Å². The van der Waals surface area contributed by atoms with E-state index in [2.05, 4.69) is 27.7 Å². The van der Waals surface area contributed by atoms with Gasteiger partial charge in [0.1, 0.15) is 5.82 Å². The normalized spacial score (nSPS) is 12.2. The topological polar surface area (TPSA) is 43.1 Å². The predicted octanol–water partition coefficient (Wildman–Crippen LogP) is 6.55. The Morgan fingerprint density at radius 3 is 1.77 bits per heavy atom. The molecule has 0 unspecified atom stereocenters. The van der Waals surface area contributed by atoms with E-state index in [1.165, 1.54) is 6.07 Å². The van der Waals surface area contributed by atoms with Gasteiger partial charge in [0.2, 0.25) is 0 Å². The molecule has 0 aliphatic heterocycles. The fourth-order valence-electron chi connectivity index (χ4n) is 4.91. The molecule has 4 heteroatoms. The van der Waals surface area contributed by atoms with Crippen molar-refractivity contribution >= 4 is 5.69 Å². The van der Waals surface area contributed by atoms with E-state index in [0.717, 1.165) is 36.8 Å². The largest absolute Gasteiger partial charge is 0.269 e. The molecule has 0 atom stereocenters. The smallest absolute Gasteiger partial charge is 0.258 e. The van der Waals surface area contributed by atoms with Gasteiger partial charge in [0.15, 0.2) is 0 Å². The number of non-ortho nitro benzene ring substituents is 1. The molecule has 140 valence electrons. The van der Waals surface area contributed by atoms with Crippen LogP contribution in [0.15, 0.2) is 48.5 Å². The molecule has 0 aliphatic carbocycles. The number of nitrogens with zero attached hydrogens (tertiary/aromatic N) is 1. The van der Waals surface area contributed by atoms with Crippen molar-refractivity contribution in [3.63, 3.8) is 0 Å². The molecule has 0 fully saturated rings. The van der Waals surface area contributed by atoms with E-state index < -0.39 is 0 Å². The third-order valence-corrected chi connectivity index (χ3v) is 6.34. The monoisotopic (exact) mass is 357 g/mol. The summed E-state index contributed by atoms with van der Waals surface area (Å²) >= 11 is 0. The lowest BCUT2D eigenvalue weighted by molar-refractivity contribution is -0.384. The third kappa shape index (κ3) is 3.13. The first kappa shape index (κ1) is 20.1. The van der Waals surface area contributed by atoms with Crippen molar-refractivity contribution in [2.45, 2.75) is 64.2 Å². The Bertz CT molecular complexity index is 747. The Labute approximate surface area is 155 Å². The summed E-state index contributed by atoms with van der Waals surface area (Å²) in [6.07, 6.45) is 3.48. The van der Waals surface area contributed by atoms with Crippen LogP contribution in [0, 0.1) is 15.9 Å². The second kappa shape index (κ2) is 7.98. The molecule has 0 amide bonds. The minimum absolute atomic E-state index is 0.0965. The zero-order chi connectivity index (χ0) is 19.4. The number of hydrogen-bond donors (Lipinski definition) is 0. The first-order valence-corrected chi connectivity index (χ1v) is 9.41. The summed E-state index contributed by atoms with van der Waals surface area (Å²) < 4.78 is 14.0. The maximum absolute atomic E-state index is 14.0. The summed E-state index contributed by atoms with van der Waals surface area (Å²) in [6.45, 7) is 8.62. The summed E-state index contributed by atoms with van der Waals surface area (Å²) in [5.74, 6) is -0.224. The molecule has 0 saturated heterocycles. The van der Waals surface area contributed by atoms with Crippen LogP contribution < -0.4 is 0 Å². The maximum atomic E-state index is 14.0. The van der Waals surface area contributed by atoms with E-state index >= 15 is 0 Å². The highest BCUT2D eigenvalue weighted by Gasteiger charge is 2.49. The van der Waals surface area contributed by atoms with Gasteiger partial charge in [-0.2, -0.15) is 0 Å². The van der Waals surface area contributed by atoms with Crippen LogP contribution in [0.5, 0.6) is 0 Å². The number of hydrogen-bond acceptors (Lipinski definition) is 2. The second-order valence-corrected chi connectivity index (χ2v) is 6.89. The number of benzene rings is 2. The van der Waals surface area contributed by atoms with Gasteiger partial charge < -0.3 is 0 Å². The fourth-order valence-corrected chi connectivity index (χ4v) is 4.91. The quantitative estimate of drug-likeness (QED) is 0.397.